The predicted octanol–water partition coefficient (Wildman–Crippen LogP) is 1.90. The maximum Gasteiger partial charge on any atom is 0.243 e. The standard InChI is InChI=1S/C12H11ClN2O2S/c1-4-12(2,3)15-18(16,17)11-6-5-9(8-14)7-10(11)13/h1,5-7,15H,2-3H3. The Morgan fingerprint density at radius 2 is 2.06 bits per heavy atom. The first-order valence-corrected chi connectivity index (χ1v) is 6.79. The number of benzene rings is 1. The van der Waals surface area contributed by atoms with E-state index in [4.69, 9.17) is 23.3 Å². The molecule has 0 saturated carbocycles. The third-order valence-corrected chi connectivity index (χ3v) is 4.24. The van der Waals surface area contributed by atoms with Crippen molar-refractivity contribution in [2.24, 2.45) is 0 Å². The Morgan fingerprint density at radius 3 is 2.50 bits per heavy atom. The van der Waals surface area contributed by atoms with Gasteiger partial charge in [0.25, 0.3) is 0 Å². The summed E-state index contributed by atoms with van der Waals surface area (Å²) in [4.78, 5) is -0.105. The Kier molecular flexibility index (Phi) is 4.03. The van der Waals surface area contributed by atoms with Crippen molar-refractivity contribution in [3.63, 3.8) is 0 Å². The monoisotopic (exact) mass is 282 g/mol. The van der Waals surface area contributed by atoms with E-state index in [2.05, 4.69) is 10.6 Å². The van der Waals surface area contributed by atoms with Crippen LogP contribution in [0.4, 0.5) is 0 Å². The van der Waals surface area contributed by atoms with Crippen LogP contribution in [0.5, 0.6) is 0 Å². The SMILES string of the molecule is C#CC(C)(C)NS(=O)(=O)c1ccc(C#N)cc1Cl. The molecule has 0 bridgehead atoms. The molecule has 6 heteroatoms. The number of nitrogens with zero attached hydrogens (tertiary/aromatic N) is 1. The molecule has 0 unspecified atom stereocenters. The largest absolute Gasteiger partial charge is 0.243 e. The highest BCUT2D eigenvalue weighted by atomic mass is 35.5. The summed E-state index contributed by atoms with van der Waals surface area (Å²) >= 11 is 5.84. The van der Waals surface area contributed by atoms with Gasteiger partial charge in [-0.3, -0.25) is 0 Å². The molecule has 94 valence electrons. The smallest absolute Gasteiger partial charge is 0.207 e. The first kappa shape index (κ1) is 14.5. The highest BCUT2D eigenvalue weighted by Gasteiger charge is 2.26. The van der Waals surface area contributed by atoms with Crippen LogP contribution in [-0.2, 0) is 10.0 Å². The highest BCUT2D eigenvalue weighted by Crippen LogP contribution is 2.23. The van der Waals surface area contributed by atoms with Crippen LogP contribution in [0.3, 0.4) is 0 Å². The molecule has 0 aliphatic carbocycles. The van der Waals surface area contributed by atoms with Crippen molar-refractivity contribution in [2.75, 3.05) is 0 Å². The zero-order valence-corrected chi connectivity index (χ0v) is 11.4. The minimum atomic E-state index is -3.82. The van der Waals surface area contributed by atoms with Gasteiger partial charge in [-0.25, -0.2) is 8.42 Å². The number of terminal acetylenes is 1. The van der Waals surface area contributed by atoms with Gasteiger partial charge in [0, 0.05) is 0 Å². The van der Waals surface area contributed by atoms with Crippen molar-refractivity contribution in [3.8, 4) is 18.4 Å². The Morgan fingerprint density at radius 1 is 1.44 bits per heavy atom. The van der Waals surface area contributed by atoms with Crippen molar-refractivity contribution >= 4 is 21.6 Å². The molecule has 0 aliphatic rings. The van der Waals surface area contributed by atoms with Crippen molar-refractivity contribution < 1.29 is 8.42 Å². The van der Waals surface area contributed by atoms with E-state index >= 15 is 0 Å². The maximum absolute atomic E-state index is 12.1. The summed E-state index contributed by atoms with van der Waals surface area (Å²) in [7, 11) is -3.82. The van der Waals surface area contributed by atoms with E-state index in [9.17, 15) is 8.42 Å². The molecule has 0 aliphatic heterocycles. The van der Waals surface area contributed by atoms with Crippen LogP contribution in [0.2, 0.25) is 5.02 Å². The third-order valence-electron chi connectivity index (χ3n) is 2.10. The summed E-state index contributed by atoms with van der Waals surface area (Å²) in [5, 5.41) is 8.66. The molecular formula is C12H11ClN2O2S. The molecule has 18 heavy (non-hydrogen) atoms. The zero-order valence-electron chi connectivity index (χ0n) is 9.86. The van der Waals surface area contributed by atoms with Gasteiger partial charge in [0.2, 0.25) is 10.0 Å². The van der Waals surface area contributed by atoms with Crippen molar-refractivity contribution in [1.82, 2.24) is 4.72 Å². The van der Waals surface area contributed by atoms with Gasteiger partial charge in [-0.1, -0.05) is 17.5 Å². The average Bonchev–Trinajstić information content (AvgIpc) is 2.27. The number of halogens is 1. The van der Waals surface area contributed by atoms with Crippen LogP contribution >= 0.6 is 11.6 Å². The van der Waals surface area contributed by atoms with E-state index in [0.29, 0.717) is 0 Å². The van der Waals surface area contributed by atoms with E-state index in [-0.39, 0.29) is 15.5 Å². The molecule has 0 radical (unpaired) electrons. The fourth-order valence-electron chi connectivity index (χ4n) is 1.21. The van der Waals surface area contributed by atoms with E-state index < -0.39 is 15.6 Å². The third kappa shape index (κ3) is 3.24. The summed E-state index contributed by atoms with van der Waals surface area (Å²) in [6, 6.07) is 5.82. The van der Waals surface area contributed by atoms with Crippen molar-refractivity contribution in [2.45, 2.75) is 24.3 Å². The number of hydrogen-bond donors (Lipinski definition) is 1. The Hall–Kier alpha value is -1.53. The lowest BCUT2D eigenvalue weighted by molar-refractivity contribution is 0.539. The van der Waals surface area contributed by atoms with E-state index in [1.807, 2.05) is 6.07 Å². The van der Waals surface area contributed by atoms with Crippen LogP contribution in [0.25, 0.3) is 0 Å². The molecule has 1 aromatic rings. The Bertz CT molecular complexity index is 652. The number of nitriles is 1. The van der Waals surface area contributed by atoms with Crippen LogP contribution in [0.15, 0.2) is 23.1 Å². The molecule has 0 amide bonds. The predicted molar refractivity (Wildman–Crippen MR) is 69.4 cm³/mol. The summed E-state index contributed by atoms with van der Waals surface area (Å²) in [6.45, 7) is 3.12. The number of rotatable bonds is 3. The lowest BCUT2D eigenvalue weighted by atomic mass is 10.1. The number of hydrogen-bond acceptors (Lipinski definition) is 3. The van der Waals surface area contributed by atoms with Gasteiger partial charge in [-0.2, -0.15) is 9.98 Å². The molecular weight excluding hydrogens is 272 g/mol. The van der Waals surface area contributed by atoms with Gasteiger partial charge in [-0.05, 0) is 32.0 Å². The molecule has 0 aromatic heterocycles. The second kappa shape index (κ2) is 4.99. The molecule has 0 heterocycles. The zero-order chi connectivity index (χ0) is 14.0. The maximum atomic E-state index is 12.1. The summed E-state index contributed by atoms with van der Waals surface area (Å²) in [6.07, 6.45) is 5.22. The van der Waals surface area contributed by atoms with Crippen LogP contribution in [0, 0.1) is 23.7 Å². The summed E-state index contributed by atoms with van der Waals surface area (Å²) in [5.74, 6) is 2.32. The molecule has 1 rings (SSSR count). The van der Waals surface area contributed by atoms with Crippen LogP contribution in [-0.4, -0.2) is 14.0 Å². The lowest BCUT2D eigenvalue weighted by Gasteiger charge is -2.19. The van der Waals surface area contributed by atoms with E-state index in [1.165, 1.54) is 18.2 Å². The first-order valence-electron chi connectivity index (χ1n) is 4.93. The van der Waals surface area contributed by atoms with Crippen LogP contribution < -0.4 is 4.72 Å². The lowest BCUT2D eigenvalue weighted by Crippen LogP contribution is -2.42. The van der Waals surface area contributed by atoms with Gasteiger partial charge in [0.15, 0.2) is 0 Å². The minimum absolute atomic E-state index is 0.0191. The van der Waals surface area contributed by atoms with E-state index in [1.54, 1.807) is 13.8 Å². The molecule has 0 spiro atoms. The van der Waals surface area contributed by atoms with Crippen LogP contribution in [0.1, 0.15) is 19.4 Å². The second-order valence-electron chi connectivity index (χ2n) is 4.13. The quantitative estimate of drug-likeness (QED) is 0.861. The normalized spacial score (nSPS) is 11.6. The number of nitrogens with one attached hydrogen (secondary N) is 1. The molecule has 1 aromatic carbocycles. The van der Waals surface area contributed by atoms with Gasteiger partial charge < -0.3 is 0 Å². The highest BCUT2D eigenvalue weighted by molar-refractivity contribution is 7.89. The average molecular weight is 283 g/mol. The summed E-state index contributed by atoms with van der Waals surface area (Å²) in [5.41, 5.74) is -0.731. The minimum Gasteiger partial charge on any atom is -0.207 e. The molecule has 0 saturated heterocycles. The first-order chi connectivity index (χ1) is 8.22. The Balaban J connectivity index is 3.24. The molecule has 0 fully saturated rings. The van der Waals surface area contributed by atoms with Crippen molar-refractivity contribution in [1.29, 1.82) is 5.26 Å². The Labute approximate surface area is 112 Å². The van der Waals surface area contributed by atoms with Gasteiger partial charge in [0.05, 0.1) is 22.2 Å². The van der Waals surface area contributed by atoms with Gasteiger partial charge >= 0.3 is 0 Å². The molecule has 4 nitrogen and oxygen atoms in total. The van der Waals surface area contributed by atoms with Crippen molar-refractivity contribution in [3.05, 3.63) is 28.8 Å². The van der Waals surface area contributed by atoms with E-state index in [0.717, 1.165) is 0 Å². The number of sulfonamides is 1. The summed E-state index contributed by atoms with van der Waals surface area (Å²) < 4.78 is 26.5. The molecule has 1 N–H and O–H groups in total. The van der Waals surface area contributed by atoms with Gasteiger partial charge in [-0.15, -0.1) is 6.42 Å². The van der Waals surface area contributed by atoms with Gasteiger partial charge in [0.1, 0.15) is 4.90 Å². The fourth-order valence-corrected chi connectivity index (χ4v) is 3.10. The second-order valence-corrected chi connectivity index (χ2v) is 6.19. The molecule has 0 atom stereocenters. The topological polar surface area (TPSA) is 70.0 Å². The fraction of sp³-hybridized carbons (Fsp3) is 0.250.